The number of hydrogen-bond acceptors (Lipinski definition) is 3. The first-order valence-corrected chi connectivity index (χ1v) is 7.08. The van der Waals surface area contributed by atoms with Gasteiger partial charge in [-0.1, -0.05) is 12.1 Å². The van der Waals surface area contributed by atoms with Gasteiger partial charge < -0.3 is 14.8 Å². The van der Waals surface area contributed by atoms with Gasteiger partial charge in [0.1, 0.15) is 5.56 Å². The first-order chi connectivity index (χ1) is 10.8. The minimum atomic E-state index is -1.33. The minimum Gasteiger partial charge on any atom is -0.481 e. The maximum absolute atomic E-state index is 12.4. The number of rotatable bonds is 5. The Balaban J connectivity index is 2.64. The fourth-order valence-corrected chi connectivity index (χ4v) is 2.32. The molecule has 2 rings (SSSR count). The topological polar surface area (TPSA) is 96.6 Å². The molecule has 0 atom stereocenters. The van der Waals surface area contributed by atoms with E-state index in [1.54, 1.807) is 0 Å². The molecule has 1 aromatic heterocycles. The maximum atomic E-state index is 12.4. The van der Waals surface area contributed by atoms with Crippen LogP contribution < -0.4 is 5.56 Å². The highest BCUT2D eigenvalue weighted by molar-refractivity contribution is 5.87. The second-order valence-corrected chi connectivity index (χ2v) is 5.34. The lowest BCUT2D eigenvalue weighted by molar-refractivity contribution is -0.137. The van der Waals surface area contributed by atoms with Crippen LogP contribution in [0.3, 0.4) is 0 Å². The first-order valence-electron chi connectivity index (χ1n) is 7.08. The summed E-state index contributed by atoms with van der Waals surface area (Å²) < 4.78 is 1.21. The van der Waals surface area contributed by atoms with Gasteiger partial charge in [-0.3, -0.25) is 9.59 Å². The Labute approximate surface area is 132 Å². The van der Waals surface area contributed by atoms with Crippen molar-refractivity contribution in [2.24, 2.45) is 0 Å². The SMILES string of the molecule is Cc1ccc(-c2ccc(C(=O)O)c(=O)n2CCC(=O)O)cc1C. The lowest BCUT2D eigenvalue weighted by atomic mass is 10.0. The summed E-state index contributed by atoms with van der Waals surface area (Å²) in [6, 6.07) is 8.42. The van der Waals surface area contributed by atoms with Gasteiger partial charge in [0.15, 0.2) is 0 Å². The quantitative estimate of drug-likeness (QED) is 0.882. The largest absolute Gasteiger partial charge is 0.481 e. The summed E-state index contributed by atoms with van der Waals surface area (Å²) >= 11 is 0. The molecule has 1 aromatic carbocycles. The summed E-state index contributed by atoms with van der Waals surface area (Å²) in [6.07, 6.45) is -0.263. The number of aromatic carboxylic acids is 1. The van der Waals surface area contributed by atoms with Crippen molar-refractivity contribution in [3.63, 3.8) is 0 Å². The third kappa shape index (κ3) is 3.48. The first kappa shape index (κ1) is 16.5. The number of aromatic nitrogens is 1. The third-order valence-corrected chi connectivity index (χ3v) is 3.76. The molecule has 0 amide bonds. The van der Waals surface area contributed by atoms with Crippen molar-refractivity contribution in [2.45, 2.75) is 26.8 Å². The molecule has 0 aliphatic rings. The molecular weight excluding hydrogens is 298 g/mol. The van der Waals surface area contributed by atoms with Crippen LogP contribution in [0.25, 0.3) is 11.3 Å². The summed E-state index contributed by atoms with van der Waals surface area (Å²) in [5.74, 6) is -2.38. The van der Waals surface area contributed by atoms with Crippen LogP contribution in [0.1, 0.15) is 27.9 Å². The lowest BCUT2D eigenvalue weighted by Gasteiger charge is -2.14. The van der Waals surface area contributed by atoms with Crippen molar-refractivity contribution >= 4 is 11.9 Å². The highest BCUT2D eigenvalue weighted by Crippen LogP contribution is 2.22. The summed E-state index contributed by atoms with van der Waals surface area (Å²) in [6.45, 7) is 3.81. The van der Waals surface area contributed by atoms with E-state index in [2.05, 4.69) is 0 Å². The predicted molar refractivity (Wildman–Crippen MR) is 84.8 cm³/mol. The zero-order valence-electron chi connectivity index (χ0n) is 12.9. The van der Waals surface area contributed by atoms with Gasteiger partial charge in [-0.15, -0.1) is 0 Å². The zero-order chi connectivity index (χ0) is 17.1. The van der Waals surface area contributed by atoms with Gasteiger partial charge in [0.25, 0.3) is 5.56 Å². The van der Waals surface area contributed by atoms with Crippen LogP contribution in [-0.2, 0) is 11.3 Å². The Morgan fingerprint density at radius 2 is 1.74 bits per heavy atom. The number of carbonyl (C=O) groups is 2. The zero-order valence-corrected chi connectivity index (χ0v) is 12.9. The number of carboxylic acids is 2. The second-order valence-electron chi connectivity index (χ2n) is 5.34. The molecule has 0 aliphatic carbocycles. The van der Waals surface area contributed by atoms with Crippen LogP contribution in [0.5, 0.6) is 0 Å². The molecule has 1 heterocycles. The number of benzene rings is 1. The normalized spacial score (nSPS) is 10.5. The van der Waals surface area contributed by atoms with E-state index in [1.807, 2.05) is 32.0 Å². The van der Waals surface area contributed by atoms with Gasteiger partial charge >= 0.3 is 11.9 Å². The predicted octanol–water partition coefficient (Wildman–Crippen LogP) is 2.31. The van der Waals surface area contributed by atoms with E-state index < -0.39 is 17.5 Å². The van der Waals surface area contributed by atoms with E-state index in [0.29, 0.717) is 5.69 Å². The van der Waals surface area contributed by atoms with Crippen molar-refractivity contribution in [3.05, 3.63) is 57.4 Å². The Morgan fingerprint density at radius 1 is 1.04 bits per heavy atom. The van der Waals surface area contributed by atoms with Crippen molar-refractivity contribution < 1.29 is 19.8 Å². The van der Waals surface area contributed by atoms with E-state index in [9.17, 15) is 14.4 Å². The molecular formula is C17H17NO5. The standard InChI is InChI=1S/C17H17NO5/c1-10-3-4-12(9-11(10)2)14-6-5-13(17(22)23)16(21)18(14)8-7-15(19)20/h3-6,9H,7-8H2,1-2H3,(H,19,20)(H,22,23). The fourth-order valence-electron chi connectivity index (χ4n) is 2.32. The molecule has 2 N–H and O–H groups in total. The van der Waals surface area contributed by atoms with E-state index in [0.717, 1.165) is 16.7 Å². The van der Waals surface area contributed by atoms with Crippen molar-refractivity contribution in [1.82, 2.24) is 4.57 Å². The van der Waals surface area contributed by atoms with E-state index in [1.165, 1.54) is 16.7 Å². The summed E-state index contributed by atoms with van der Waals surface area (Å²) in [5.41, 5.74) is 2.30. The molecule has 23 heavy (non-hydrogen) atoms. The monoisotopic (exact) mass is 315 g/mol. The van der Waals surface area contributed by atoms with Crippen molar-refractivity contribution in [2.75, 3.05) is 0 Å². The van der Waals surface area contributed by atoms with Crippen LogP contribution in [-0.4, -0.2) is 26.7 Å². The Hall–Kier alpha value is -2.89. The molecule has 0 saturated heterocycles. The van der Waals surface area contributed by atoms with Gasteiger partial charge in [-0.2, -0.15) is 0 Å². The van der Waals surface area contributed by atoms with E-state index in [-0.39, 0.29) is 18.5 Å². The Bertz CT molecular complexity index is 835. The Morgan fingerprint density at radius 3 is 2.30 bits per heavy atom. The molecule has 6 nitrogen and oxygen atoms in total. The highest BCUT2D eigenvalue weighted by atomic mass is 16.4. The average Bonchev–Trinajstić information content (AvgIpc) is 2.48. The number of hydrogen-bond donors (Lipinski definition) is 2. The number of aryl methyl sites for hydroxylation is 2. The third-order valence-electron chi connectivity index (χ3n) is 3.76. The van der Waals surface area contributed by atoms with E-state index >= 15 is 0 Å². The smallest absolute Gasteiger partial charge is 0.341 e. The summed E-state index contributed by atoms with van der Waals surface area (Å²) in [7, 11) is 0. The van der Waals surface area contributed by atoms with Crippen LogP contribution in [0.15, 0.2) is 35.1 Å². The number of pyridine rings is 1. The van der Waals surface area contributed by atoms with Gasteiger partial charge in [-0.05, 0) is 48.7 Å². The number of carboxylic acid groups (broad SMARTS) is 2. The lowest BCUT2D eigenvalue weighted by Crippen LogP contribution is -2.28. The van der Waals surface area contributed by atoms with Crippen LogP contribution in [0.2, 0.25) is 0 Å². The van der Waals surface area contributed by atoms with Crippen LogP contribution in [0.4, 0.5) is 0 Å². The molecule has 0 aliphatic heterocycles. The van der Waals surface area contributed by atoms with Crippen LogP contribution in [0, 0.1) is 13.8 Å². The molecule has 6 heteroatoms. The molecule has 0 saturated carbocycles. The molecule has 0 bridgehead atoms. The van der Waals surface area contributed by atoms with Crippen LogP contribution >= 0.6 is 0 Å². The summed E-state index contributed by atoms with van der Waals surface area (Å²) in [4.78, 5) is 34.3. The molecule has 0 fully saturated rings. The second kappa shape index (κ2) is 6.48. The van der Waals surface area contributed by atoms with Crippen molar-refractivity contribution in [1.29, 1.82) is 0 Å². The molecule has 120 valence electrons. The van der Waals surface area contributed by atoms with Gasteiger partial charge in [0.2, 0.25) is 0 Å². The Kier molecular flexibility index (Phi) is 4.64. The number of aliphatic carboxylic acids is 1. The average molecular weight is 315 g/mol. The van der Waals surface area contributed by atoms with Gasteiger partial charge in [0.05, 0.1) is 12.1 Å². The molecule has 2 aromatic rings. The fraction of sp³-hybridized carbons (Fsp3) is 0.235. The van der Waals surface area contributed by atoms with Gasteiger partial charge in [-0.25, -0.2) is 4.79 Å². The summed E-state index contributed by atoms with van der Waals surface area (Å²) in [5, 5.41) is 17.9. The maximum Gasteiger partial charge on any atom is 0.341 e. The number of nitrogens with zero attached hydrogens (tertiary/aromatic N) is 1. The van der Waals surface area contributed by atoms with E-state index in [4.69, 9.17) is 10.2 Å². The minimum absolute atomic E-state index is 0.0858. The van der Waals surface area contributed by atoms with Gasteiger partial charge in [0, 0.05) is 6.54 Å². The molecule has 0 radical (unpaired) electrons. The van der Waals surface area contributed by atoms with Crippen molar-refractivity contribution in [3.8, 4) is 11.3 Å². The highest BCUT2D eigenvalue weighted by Gasteiger charge is 2.16. The molecule has 0 spiro atoms. The molecule has 0 unspecified atom stereocenters.